The summed E-state index contributed by atoms with van der Waals surface area (Å²) in [5, 5.41) is 16.4. The zero-order valence-corrected chi connectivity index (χ0v) is 15.8. The molecule has 2 amide bonds. The summed E-state index contributed by atoms with van der Waals surface area (Å²) in [4.78, 5) is 36.6. The highest BCUT2D eigenvalue weighted by Crippen LogP contribution is 2.65. The van der Waals surface area contributed by atoms with Crippen molar-refractivity contribution >= 4 is 23.7 Å². The number of furan rings is 1. The Bertz CT molecular complexity index is 1130. The summed E-state index contributed by atoms with van der Waals surface area (Å²) < 4.78 is 5.67. The van der Waals surface area contributed by atoms with Crippen molar-refractivity contribution in [3.63, 3.8) is 0 Å². The van der Waals surface area contributed by atoms with Gasteiger partial charge in [0.05, 0.1) is 28.5 Å². The summed E-state index contributed by atoms with van der Waals surface area (Å²) in [6.07, 6.45) is 6.66. The van der Waals surface area contributed by atoms with Gasteiger partial charge in [0.1, 0.15) is 11.5 Å². The monoisotopic (exact) mass is 403 g/mol. The normalized spacial score (nSPS) is 33.3. The van der Waals surface area contributed by atoms with Crippen LogP contribution in [0.5, 0.6) is 0 Å². The van der Waals surface area contributed by atoms with Crippen LogP contribution < -0.4 is 0 Å². The van der Waals surface area contributed by atoms with Crippen LogP contribution in [0.25, 0.3) is 11.3 Å². The summed E-state index contributed by atoms with van der Waals surface area (Å²) in [6, 6.07) is 9.49. The first-order valence-corrected chi connectivity index (χ1v) is 9.98. The number of hydrogen-bond acceptors (Lipinski definition) is 6. The van der Waals surface area contributed by atoms with E-state index in [9.17, 15) is 19.7 Å². The number of allylic oxidation sites excluding steroid dienone is 2. The number of carbonyl (C=O) groups excluding carboxylic acids is 2. The summed E-state index contributed by atoms with van der Waals surface area (Å²) in [5.74, 6) is 0.924. The second-order valence-electron chi connectivity index (χ2n) is 8.36. The number of imide groups is 1. The second kappa shape index (κ2) is 5.98. The zero-order chi connectivity index (χ0) is 20.6. The largest absolute Gasteiger partial charge is 0.455 e. The van der Waals surface area contributed by atoms with Crippen LogP contribution in [-0.4, -0.2) is 28.0 Å². The van der Waals surface area contributed by atoms with E-state index in [4.69, 9.17) is 4.42 Å². The number of amides is 2. The van der Waals surface area contributed by atoms with Crippen molar-refractivity contribution < 1.29 is 18.9 Å². The average Bonchev–Trinajstić information content (AvgIpc) is 3.39. The Hall–Kier alpha value is -3.55. The number of hydrazone groups is 1. The molecule has 7 rings (SSSR count). The summed E-state index contributed by atoms with van der Waals surface area (Å²) >= 11 is 0. The van der Waals surface area contributed by atoms with Crippen LogP contribution in [-0.2, 0) is 9.59 Å². The highest BCUT2D eigenvalue weighted by atomic mass is 16.6. The van der Waals surface area contributed by atoms with E-state index < -0.39 is 4.92 Å². The fourth-order valence-corrected chi connectivity index (χ4v) is 5.58. The number of rotatable bonds is 4. The Morgan fingerprint density at radius 3 is 2.37 bits per heavy atom. The molecule has 2 aromatic rings. The molecular weight excluding hydrogens is 386 g/mol. The lowest BCUT2D eigenvalue weighted by Crippen LogP contribution is -2.40. The van der Waals surface area contributed by atoms with Gasteiger partial charge >= 0.3 is 0 Å². The highest BCUT2D eigenvalue weighted by Gasteiger charge is 2.67. The molecule has 1 aliphatic heterocycles. The lowest BCUT2D eigenvalue weighted by molar-refractivity contribution is -0.384. The molecule has 8 nitrogen and oxygen atoms in total. The Balaban J connectivity index is 1.26. The van der Waals surface area contributed by atoms with E-state index in [1.54, 1.807) is 30.3 Å². The lowest BCUT2D eigenvalue weighted by Gasteiger charge is -2.37. The van der Waals surface area contributed by atoms with Gasteiger partial charge in [-0.2, -0.15) is 10.1 Å². The molecule has 6 atom stereocenters. The standard InChI is InChI=1S/C22H17N3O5/c26-21-19-12-6-7-13(16-9-15(12)16)20(19)22(27)24(21)23-10-11-5-8-18(30-11)14-3-1-2-4-17(14)25(28)29/h1-8,10,12-13,15-16,19-20H,9H2/b23-10-/t12-,13-,15-,16+,19-,20-/m1/s1. The SMILES string of the molecule is O=C1[C@@H]2[C@@H]3C=C[C@H]([C@@H]4C[C@H]34)[C@H]2C(=O)N1/N=C\c1ccc(-c2ccccc2[N+](=O)[O-])o1. The van der Waals surface area contributed by atoms with Gasteiger partial charge in [-0.1, -0.05) is 24.3 Å². The van der Waals surface area contributed by atoms with Crippen molar-refractivity contribution in [3.8, 4) is 11.3 Å². The van der Waals surface area contributed by atoms with E-state index in [1.807, 2.05) is 0 Å². The number of nitro groups is 1. The summed E-state index contributed by atoms with van der Waals surface area (Å²) in [5.41, 5.74) is 0.286. The number of carbonyl (C=O) groups is 2. The van der Waals surface area contributed by atoms with Gasteiger partial charge in [-0.15, -0.1) is 0 Å². The quantitative estimate of drug-likeness (QED) is 0.256. The maximum absolute atomic E-state index is 12.9. The van der Waals surface area contributed by atoms with Crippen molar-refractivity contribution in [2.75, 3.05) is 0 Å². The smallest absolute Gasteiger partial charge is 0.280 e. The molecule has 0 radical (unpaired) electrons. The van der Waals surface area contributed by atoms with Crippen LogP contribution >= 0.6 is 0 Å². The van der Waals surface area contributed by atoms with Gasteiger partial charge in [0.2, 0.25) is 0 Å². The minimum atomic E-state index is -0.470. The Labute approximate surface area is 171 Å². The molecule has 3 fully saturated rings. The number of benzene rings is 1. The number of nitrogens with zero attached hydrogens (tertiary/aromatic N) is 3. The number of para-hydroxylation sites is 1. The first-order chi connectivity index (χ1) is 14.5. The van der Waals surface area contributed by atoms with Gasteiger partial charge in [-0.3, -0.25) is 19.7 Å². The number of hydrogen-bond donors (Lipinski definition) is 0. The molecule has 30 heavy (non-hydrogen) atoms. The predicted octanol–water partition coefficient (Wildman–Crippen LogP) is 3.24. The van der Waals surface area contributed by atoms with E-state index >= 15 is 0 Å². The molecule has 1 aromatic heterocycles. The lowest BCUT2D eigenvalue weighted by atomic mass is 9.63. The first kappa shape index (κ1) is 17.3. The van der Waals surface area contributed by atoms with Crippen molar-refractivity contribution in [3.05, 3.63) is 64.4 Å². The highest BCUT2D eigenvalue weighted by molar-refractivity contribution is 6.06. The van der Waals surface area contributed by atoms with Crippen LogP contribution in [0.3, 0.4) is 0 Å². The van der Waals surface area contributed by atoms with Crippen molar-refractivity contribution in [2.24, 2.45) is 40.6 Å². The van der Waals surface area contributed by atoms with Crippen LogP contribution in [0.4, 0.5) is 5.69 Å². The van der Waals surface area contributed by atoms with E-state index in [1.165, 1.54) is 12.3 Å². The Morgan fingerprint density at radius 2 is 1.70 bits per heavy atom. The van der Waals surface area contributed by atoms with Crippen molar-refractivity contribution in [2.45, 2.75) is 6.42 Å². The maximum atomic E-state index is 12.9. The van der Waals surface area contributed by atoms with Gasteiger partial charge in [-0.05, 0) is 48.3 Å². The van der Waals surface area contributed by atoms with E-state index in [2.05, 4.69) is 17.3 Å². The molecular formula is C22H17N3O5. The third kappa shape index (κ3) is 2.30. The third-order valence-electron chi connectivity index (χ3n) is 6.93. The van der Waals surface area contributed by atoms with Gasteiger partial charge in [0, 0.05) is 6.07 Å². The first-order valence-electron chi connectivity index (χ1n) is 9.98. The molecule has 8 heteroatoms. The van der Waals surface area contributed by atoms with Gasteiger partial charge in [0.15, 0.2) is 0 Å². The Kier molecular flexibility index (Phi) is 3.45. The van der Waals surface area contributed by atoms with Crippen LogP contribution in [0.15, 0.2) is 58.1 Å². The fraction of sp³-hybridized carbons (Fsp3) is 0.318. The van der Waals surface area contributed by atoms with Crippen molar-refractivity contribution in [1.29, 1.82) is 0 Å². The minimum Gasteiger partial charge on any atom is -0.455 e. The molecule has 1 saturated heterocycles. The second-order valence-corrected chi connectivity index (χ2v) is 8.36. The minimum absolute atomic E-state index is 0.0640. The molecule has 0 spiro atoms. The molecule has 1 aromatic carbocycles. The molecule has 0 N–H and O–H groups in total. The van der Waals surface area contributed by atoms with Gasteiger partial charge < -0.3 is 4.42 Å². The zero-order valence-electron chi connectivity index (χ0n) is 15.8. The third-order valence-corrected chi connectivity index (χ3v) is 6.93. The van der Waals surface area contributed by atoms with Crippen molar-refractivity contribution in [1.82, 2.24) is 5.01 Å². The molecule has 2 saturated carbocycles. The average molecular weight is 403 g/mol. The van der Waals surface area contributed by atoms with Gasteiger partial charge in [-0.25, -0.2) is 0 Å². The molecule has 5 aliphatic rings. The molecule has 2 bridgehead atoms. The Morgan fingerprint density at radius 1 is 1.03 bits per heavy atom. The molecule has 2 heterocycles. The molecule has 0 unspecified atom stereocenters. The summed E-state index contributed by atoms with van der Waals surface area (Å²) in [7, 11) is 0. The molecule has 150 valence electrons. The molecule has 4 aliphatic carbocycles. The van der Waals surface area contributed by atoms with E-state index in [-0.39, 0.29) is 41.2 Å². The maximum Gasteiger partial charge on any atom is 0.280 e. The topological polar surface area (TPSA) is 106 Å². The predicted molar refractivity (Wildman–Crippen MR) is 105 cm³/mol. The summed E-state index contributed by atoms with van der Waals surface area (Å²) in [6.45, 7) is 0. The van der Waals surface area contributed by atoms with Crippen LogP contribution in [0.1, 0.15) is 12.2 Å². The van der Waals surface area contributed by atoms with Crippen LogP contribution in [0, 0.1) is 45.6 Å². The van der Waals surface area contributed by atoms with E-state index in [0.29, 0.717) is 28.9 Å². The fourth-order valence-electron chi connectivity index (χ4n) is 5.58. The van der Waals surface area contributed by atoms with Gasteiger partial charge in [0.25, 0.3) is 17.5 Å². The number of nitro benzene ring substituents is 1. The van der Waals surface area contributed by atoms with E-state index in [0.717, 1.165) is 11.4 Å². The van der Waals surface area contributed by atoms with Crippen LogP contribution in [0.2, 0.25) is 0 Å².